The second kappa shape index (κ2) is 3.79. The van der Waals surface area contributed by atoms with E-state index in [9.17, 15) is 4.79 Å². The van der Waals surface area contributed by atoms with Crippen molar-refractivity contribution >= 4 is 29.6 Å². The Morgan fingerprint density at radius 1 is 1.75 bits per heavy atom. The predicted octanol–water partition coefficient (Wildman–Crippen LogP) is 1.67. The van der Waals surface area contributed by atoms with E-state index < -0.39 is 6.09 Å². The van der Waals surface area contributed by atoms with E-state index >= 15 is 0 Å². The summed E-state index contributed by atoms with van der Waals surface area (Å²) in [6.07, 6.45) is -0.676. The van der Waals surface area contributed by atoms with Gasteiger partial charge in [-0.25, -0.2) is 4.79 Å². The Morgan fingerprint density at radius 2 is 2.42 bits per heavy atom. The monoisotopic (exact) mass is 207 g/mol. The number of hydrogen-bond donors (Lipinski definition) is 1. The zero-order chi connectivity index (χ0) is 9.19. The molecule has 0 aromatic heterocycles. The van der Waals surface area contributed by atoms with Gasteiger partial charge in [-0.2, -0.15) is 0 Å². The standard InChI is InChI=1S/C7H13NO2S2/c1-7(2)11-4-5(12-7)3-10-6(8)9/h5H,3-4H2,1-2H3,(H2,8,9). The van der Waals surface area contributed by atoms with Gasteiger partial charge in [-0.1, -0.05) is 0 Å². The Balaban J connectivity index is 2.24. The third-order valence-corrected chi connectivity index (χ3v) is 4.80. The summed E-state index contributed by atoms with van der Waals surface area (Å²) in [6, 6.07) is 0. The summed E-state index contributed by atoms with van der Waals surface area (Å²) in [5, 5.41) is 0.400. The van der Waals surface area contributed by atoms with Gasteiger partial charge in [0.2, 0.25) is 0 Å². The number of rotatable bonds is 2. The van der Waals surface area contributed by atoms with Crippen LogP contribution in [0.4, 0.5) is 4.79 Å². The lowest BCUT2D eigenvalue weighted by Gasteiger charge is -2.15. The minimum atomic E-state index is -0.676. The summed E-state index contributed by atoms with van der Waals surface area (Å²) >= 11 is 3.73. The Bertz CT molecular complexity index is 184. The first-order valence-corrected chi connectivity index (χ1v) is 5.60. The fraction of sp³-hybridized carbons (Fsp3) is 0.857. The molecular weight excluding hydrogens is 194 g/mol. The van der Waals surface area contributed by atoms with Crippen LogP contribution >= 0.6 is 23.5 Å². The van der Waals surface area contributed by atoms with E-state index in [0.717, 1.165) is 5.75 Å². The number of thioether (sulfide) groups is 2. The van der Waals surface area contributed by atoms with Gasteiger partial charge in [-0.3, -0.25) is 0 Å². The lowest BCUT2D eigenvalue weighted by atomic mass is 10.5. The average molecular weight is 207 g/mol. The van der Waals surface area contributed by atoms with E-state index in [4.69, 9.17) is 10.5 Å². The molecule has 5 heteroatoms. The summed E-state index contributed by atoms with van der Waals surface area (Å²) in [5.74, 6) is 1.03. The van der Waals surface area contributed by atoms with Gasteiger partial charge in [0.1, 0.15) is 6.61 Å². The highest BCUT2D eigenvalue weighted by Gasteiger charge is 2.32. The van der Waals surface area contributed by atoms with Crippen LogP contribution < -0.4 is 5.73 Å². The van der Waals surface area contributed by atoms with E-state index in [1.807, 2.05) is 23.5 Å². The van der Waals surface area contributed by atoms with Gasteiger partial charge in [0.15, 0.2) is 0 Å². The van der Waals surface area contributed by atoms with E-state index in [1.165, 1.54) is 0 Å². The van der Waals surface area contributed by atoms with Gasteiger partial charge in [0.05, 0.1) is 4.08 Å². The second-order valence-corrected chi connectivity index (χ2v) is 6.90. The number of nitrogens with two attached hydrogens (primary N) is 1. The summed E-state index contributed by atoms with van der Waals surface area (Å²) in [5.41, 5.74) is 4.86. The molecule has 3 nitrogen and oxygen atoms in total. The Morgan fingerprint density at radius 3 is 2.83 bits per heavy atom. The molecule has 0 spiro atoms. The van der Waals surface area contributed by atoms with Gasteiger partial charge in [-0.15, -0.1) is 23.5 Å². The van der Waals surface area contributed by atoms with Crippen LogP contribution in [0.15, 0.2) is 0 Å². The number of hydrogen-bond acceptors (Lipinski definition) is 4. The number of amides is 1. The number of primary amides is 1. The first kappa shape index (κ1) is 10.1. The minimum absolute atomic E-state index is 0.256. The van der Waals surface area contributed by atoms with Gasteiger partial charge in [0, 0.05) is 11.0 Å². The van der Waals surface area contributed by atoms with E-state index in [0.29, 0.717) is 11.9 Å². The summed E-state index contributed by atoms with van der Waals surface area (Å²) < 4.78 is 4.98. The third-order valence-electron chi connectivity index (χ3n) is 1.48. The molecule has 0 aromatic carbocycles. The first-order chi connectivity index (χ1) is 5.49. The topological polar surface area (TPSA) is 52.3 Å². The molecule has 12 heavy (non-hydrogen) atoms. The maximum absolute atomic E-state index is 10.3. The molecule has 1 unspecified atom stereocenters. The van der Waals surface area contributed by atoms with Gasteiger partial charge < -0.3 is 10.5 Å². The van der Waals surface area contributed by atoms with Crippen LogP contribution in [0.1, 0.15) is 13.8 Å². The summed E-state index contributed by atoms with van der Waals surface area (Å²) in [4.78, 5) is 10.3. The number of ether oxygens (including phenoxy) is 1. The van der Waals surface area contributed by atoms with Crippen LogP contribution in [0, 0.1) is 0 Å². The zero-order valence-electron chi connectivity index (χ0n) is 7.20. The molecule has 1 atom stereocenters. The van der Waals surface area contributed by atoms with Crippen molar-refractivity contribution in [2.24, 2.45) is 5.73 Å². The van der Waals surface area contributed by atoms with E-state index in [1.54, 1.807) is 0 Å². The highest BCUT2D eigenvalue weighted by molar-refractivity contribution is 8.21. The number of carbonyl (C=O) groups is 1. The molecular formula is C7H13NO2S2. The maximum Gasteiger partial charge on any atom is 0.404 e. The molecule has 0 saturated carbocycles. The second-order valence-electron chi connectivity index (χ2n) is 3.08. The van der Waals surface area contributed by atoms with Crippen LogP contribution in [0.25, 0.3) is 0 Å². The highest BCUT2D eigenvalue weighted by Crippen LogP contribution is 2.47. The fourth-order valence-corrected chi connectivity index (χ4v) is 4.00. The molecule has 0 bridgehead atoms. The van der Waals surface area contributed by atoms with Gasteiger partial charge in [-0.05, 0) is 13.8 Å². The number of carbonyl (C=O) groups excluding carboxylic acids is 1. The van der Waals surface area contributed by atoms with Crippen molar-refractivity contribution in [3.63, 3.8) is 0 Å². The van der Waals surface area contributed by atoms with Crippen molar-refractivity contribution in [3.05, 3.63) is 0 Å². The quantitative estimate of drug-likeness (QED) is 0.748. The SMILES string of the molecule is CC1(C)SCC(COC(N)=O)S1. The normalized spacial score (nSPS) is 27.0. The fourth-order valence-electron chi connectivity index (χ4n) is 1.02. The van der Waals surface area contributed by atoms with E-state index in [-0.39, 0.29) is 4.08 Å². The first-order valence-electron chi connectivity index (χ1n) is 3.73. The molecule has 2 N–H and O–H groups in total. The Kier molecular flexibility index (Phi) is 3.17. The lowest BCUT2D eigenvalue weighted by Crippen LogP contribution is -2.20. The van der Waals surface area contributed by atoms with Gasteiger partial charge >= 0.3 is 6.09 Å². The van der Waals surface area contributed by atoms with Crippen molar-refractivity contribution in [1.29, 1.82) is 0 Å². The third kappa shape index (κ3) is 3.15. The van der Waals surface area contributed by atoms with E-state index in [2.05, 4.69) is 13.8 Å². The molecule has 1 heterocycles. The van der Waals surface area contributed by atoms with Crippen molar-refractivity contribution in [2.45, 2.75) is 23.2 Å². The predicted molar refractivity (Wildman–Crippen MR) is 53.5 cm³/mol. The Labute approximate surface area is 80.8 Å². The van der Waals surface area contributed by atoms with Crippen molar-refractivity contribution in [2.75, 3.05) is 12.4 Å². The molecule has 0 aliphatic carbocycles. The van der Waals surface area contributed by atoms with Crippen molar-refractivity contribution in [3.8, 4) is 0 Å². The minimum Gasteiger partial charge on any atom is -0.448 e. The smallest absolute Gasteiger partial charge is 0.404 e. The molecule has 70 valence electrons. The summed E-state index contributed by atoms with van der Waals surface area (Å²) in [7, 11) is 0. The van der Waals surface area contributed by atoms with Gasteiger partial charge in [0.25, 0.3) is 0 Å². The molecule has 1 rings (SSSR count). The van der Waals surface area contributed by atoms with Crippen molar-refractivity contribution < 1.29 is 9.53 Å². The lowest BCUT2D eigenvalue weighted by molar-refractivity contribution is 0.159. The maximum atomic E-state index is 10.3. The van der Waals surface area contributed by atoms with Crippen LogP contribution in [0.5, 0.6) is 0 Å². The zero-order valence-corrected chi connectivity index (χ0v) is 8.83. The van der Waals surface area contributed by atoms with Crippen LogP contribution in [-0.4, -0.2) is 27.8 Å². The molecule has 1 amide bonds. The molecule has 0 aromatic rings. The average Bonchev–Trinajstić information content (AvgIpc) is 2.26. The molecule has 1 aliphatic rings. The molecule has 0 radical (unpaired) electrons. The molecule has 1 fully saturated rings. The largest absolute Gasteiger partial charge is 0.448 e. The summed E-state index contributed by atoms with van der Waals surface area (Å²) in [6.45, 7) is 4.79. The molecule has 1 saturated heterocycles. The van der Waals surface area contributed by atoms with Crippen molar-refractivity contribution in [1.82, 2.24) is 0 Å². The van der Waals surface area contributed by atoms with Crippen LogP contribution in [-0.2, 0) is 4.74 Å². The van der Waals surface area contributed by atoms with Crippen LogP contribution in [0.2, 0.25) is 0 Å². The molecule has 1 aliphatic heterocycles. The Hall–Kier alpha value is -0.0300. The highest BCUT2D eigenvalue weighted by atomic mass is 32.2. The van der Waals surface area contributed by atoms with Crippen LogP contribution in [0.3, 0.4) is 0 Å².